The molecule has 2 aromatic carbocycles. The van der Waals surface area contributed by atoms with Crippen LogP contribution in [0.2, 0.25) is 5.02 Å². The van der Waals surface area contributed by atoms with E-state index in [1.54, 1.807) is 30.3 Å². The molecule has 0 radical (unpaired) electrons. The molecule has 2 N–H and O–H groups in total. The molecule has 0 aliphatic rings. The zero-order valence-electron chi connectivity index (χ0n) is 15.0. The predicted molar refractivity (Wildman–Crippen MR) is 101 cm³/mol. The van der Waals surface area contributed by atoms with E-state index in [4.69, 9.17) is 11.6 Å². The van der Waals surface area contributed by atoms with Gasteiger partial charge in [0.1, 0.15) is 6.04 Å². The van der Waals surface area contributed by atoms with Crippen molar-refractivity contribution in [2.24, 2.45) is 0 Å². The molecule has 0 fully saturated rings. The normalized spacial score (nSPS) is 12.9. The molecule has 2 rings (SSSR count). The van der Waals surface area contributed by atoms with Gasteiger partial charge in [-0.05, 0) is 37.9 Å². The van der Waals surface area contributed by atoms with Crippen molar-refractivity contribution in [3.05, 3.63) is 64.7 Å². The van der Waals surface area contributed by atoms with E-state index in [0.29, 0.717) is 18.7 Å². The number of hydrogen-bond donors (Lipinski definition) is 2. The Morgan fingerprint density at radius 1 is 1.15 bits per heavy atom. The first-order valence-electron chi connectivity index (χ1n) is 8.29. The van der Waals surface area contributed by atoms with E-state index in [1.165, 1.54) is 6.07 Å². The number of carbonyl (C=O) groups is 1. The molecule has 0 aromatic heterocycles. The van der Waals surface area contributed by atoms with Gasteiger partial charge in [0.15, 0.2) is 0 Å². The SMILES string of the molecule is CN(C)CCN[C@@H](C(=O)Nc1ccc(Cl)cc1C(F)(F)F)c1ccccc1. The van der Waals surface area contributed by atoms with Crippen LogP contribution in [0, 0.1) is 0 Å². The van der Waals surface area contributed by atoms with Crippen LogP contribution in [0.15, 0.2) is 48.5 Å². The Labute approximate surface area is 161 Å². The second-order valence-electron chi connectivity index (χ2n) is 6.28. The summed E-state index contributed by atoms with van der Waals surface area (Å²) in [5.41, 5.74) is -0.646. The first-order chi connectivity index (χ1) is 12.7. The summed E-state index contributed by atoms with van der Waals surface area (Å²) in [4.78, 5) is 14.7. The van der Waals surface area contributed by atoms with Gasteiger partial charge in [-0.3, -0.25) is 4.79 Å². The molecule has 27 heavy (non-hydrogen) atoms. The number of nitrogens with zero attached hydrogens (tertiary/aromatic N) is 1. The van der Waals surface area contributed by atoms with Crippen molar-refractivity contribution in [3.8, 4) is 0 Å². The molecular weight excluding hydrogens is 379 g/mol. The Morgan fingerprint density at radius 3 is 2.41 bits per heavy atom. The van der Waals surface area contributed by atoms with E-state index in [9.17, 15) is 18.0 Å². The molecule has 146 valence electrons. The van der Waals surface area contributed by atoms with E-state index in [2.05, 4.69) is 10.6 Å². The zero-order valence-corrected chi connectivity index (χ0v) is 15.7. The lowest BCUT2D eigenvalue weighted by atomic mass is 10.1. The molecule has 0 heterocycles. The van der Waals surface area contributed by atoms with Crippen LogP contribution < -0.4 is 10.6 Å². The van der Waals surface area contributed by atoms with Crippen LogP contribution in [-0.4, -0.2) is 38.0 Å². The first kappa shape index (κ1) is 21.2. The highest BCUT2D eigenvalue weighted by Gasteiger charge is 2.34. The number of halogens is 4. The average Bonchev–Trinajstić information content (AvgIpc) is 2.60. The van der Waals surface area contributed by atoms with Gasteiger partial charge in [0.2, 0.25) is 5.91 Å². The standard InChI is InChI=1S/C19H21ClF3N3O/c1-26(2)11-10-24-17(13-6-4-3-5-7-13)18(27)25-16-9-8-14(20)12-15(16)19(21,22)23/h3-9,12,17,24H,10-11H2,1-2H3,(H,25,27)/t17-/m1/s1. The predicted octanol–water partition coefficient (Wildman–Crippen LogP) is 4.19. The molecular formula is C19H21ClF3N3O. The molecule has 0 aliphatic heterocycles. The van der Waals surface area contributed by atoms with Crippen molar-refractivity contribution in [1.29, 1.82) is 0 Å². The molecule has 2 aromatic rings. The molecule has 0 aliphatic carbocycles. The van der Waals surface area contributed by atoms with Gasteiger partial charge in [-0.15, -0.1) is 0 Å². The molecule has 0 saturated heterocycles. The van der Waals surface area contributed by atoms with Crippen molar-refractivity contribution < 1.29 is 18.0 Å². The molecule has 0 saturated carbocycles. The van der Waals surface area contributed by atoms with Crippen LogP contribution in [0.4, 0.5) is 18.9 Å². The van der Waals surface area contributed by atoms with Gasteiger partial charge < -0.3 is 15.5 Å². The first-order valence-corrected chi connectivity index (χ1v) is 8.67. The lowest BCUT2D eigenvalue weighted by Crippen LogP contribution is -2.37. The number of rotatable bonds is 7. The molecule has 8 heteroatoms. The smallest absolute Gasteiger partial charge is 0.324 e. The summed E-state index contributed by atoms with van der Waals surface area (Å²) in [6, 6.07) is 11.3. The Bertz CT molecular complexity index is 767. The van der Waals surface area contributed by atoms with E-state index >= 15 is 0 Å². The van der Waals surface area contributed by atoms with Crippen LogP contribution in [0.25, 0.3) is 0 Å². The van der Waals surface area contributed by atoms with Crippen molar-refractivity contribution in [2.45, 2.75) is 12.2 Å². The molecule has 4 nitrogen and oxygen atoms in total. The second-order valence-corrected chi connectivity index (χ2v) is 6.71. The lowest BCUT2D eigenvalue weighted by molar-refractivity contribution is -0.137. The van der Waals surface area contributed by atoms with Gasteiger partial charge in [0.25, 0.3) is 0 Å². The minimum Gasteiger partial charge on any atom is -0.324 e. The largest absolute Gasteiger partial charge is 0.418 e. The van der Waals surface area contributed by atoms with Crippen LogP contribution in [-0.2, 0) is 11.0 Å². The highest BCUT2D eigenvalue weighted by Crippen LogP contribution is 2.36. The Morgan fingerprint density at radius 2 is 1.81 bits per heavy atom. The molecule has 0 bridgehead atoms. The third-order valence-corrected chi connectivity index (χ3v) is 4.08. The van der Waals surface area contributed by atoms with E-state index in [0.717, 1.165) is 12.1 Å². The van der Waals surface area contributed by atoms with Gasteiger partial charge >= 0.3 is 6.18 Å². The summed E-state index contributed by atoms with van der Waals surface area (Å²) in [6.07, 6.45) is -4.63. The van der Waals surface area contributed by atoms with Crippen molar-refractivity contribution in [3.63, 3.8) is 0 Å². The lowest BCUT2D eigenvalue weighted by Gasteiger charge is -2.21. The van der Waals surface area contributed by atoms with Gasteiger partial charge in [0.05, 0.1) is 11.3 Å². The number of anilines is 1. The maximum Gasteiger partial charge on any atom is 0.418 e. The number of hydrogen-bond acceptors (Lipinski definition) is 3. The number of carbonyl (C=O) groups excluding carboxylic acids is 1. The van der Waals surface area contributed by atoms with Gasteiger partial charge in [0, 0.05) is 18.1 Å². The van der Waals surface area contributed by atoms with Gasteiger partial charge in [-0.1, -0.05) is 41.9 Å². The number of alkyl halides is 3. The maximum absolute atomic E-state index is 13.3. The maximum atomic E-state index is 13.3. The summed E-state index contributed by atoms with van der Waals surface area (Å²) in [5, 5.41) is 5.43. The zero-order chi connectivity index (χ0) is 20.0. The minimum absolute atomic E-state index is 0.0518. The number of benzene rings is 2. The van der Waals surface area contributed by atoms with Crippen molar-refractivity contribution >= 4 is 23.2 Å². The number of amides is 1. The summed E-state index contributed by atoms with van der Waals surface area (Å²) in [5.74, 6) is -0.576. The second kappa shape index (κ2) is 9.21. The van der Waals surface area contributed by atoms with E-state index < -0.39 is 23.7 Å². The highest BCUT2D eigenvalue weighted by atomic mass is 35.5. The number of nitrogens with one attached hydrogen (secondary N) is 2. The average molecular weight is 400 g/mol. The summed E-state index contributed by atoms with van der Waals surface area (Å²) < 4.78 is 39.8. The Balaban J connectivity index is 2.26. The number of likely N-dealkylation sites (N-methyl/N-ethyl adjacent to an activating group) is 1. The Kier molecular flexibility index (Phi) is 7.24. The molecule has 1 atom stereocenters. The van der Waals surface area contributed by atoms with Gasteiger partial charge in [-0.2, -0.15) is 13.2 Å². The quantitative estimate of drug-likeness (QED) is 0.733. The van der Waals surface area contributed by atoms with Crippen LogP contribution in [0.3, 0.4) is 0 Å². The van der Waals surface area contributed by atoms with Crippen molar-refractivity contribution in [1.82, 2.24) is 10.2 Å². The summed E-state index contributed by atoms with van der Waals surface area (Å²) in [6.45, 7) is 1.16. The third-order valence-electron chi connectivity index (χ3n) is 3.85. The minimum atomic E-state index is -4.63. The third kappa shape index (κ3) is 6.23. The van der Waals surface area contributed by atoms with Crippen LogP contribution >= 0.6 is 11.6 Å². The fourth-order valence-electron chi connectivity index (χ4n) is 2.50. The Hall–Kier alpha value is -2.09. The van der Waals surface area contributed by atoms with Crippen LogP contribution in [0.1, 0.15) is 17.2 Å². The summed E-state index contributed by atoms with van der Waals surface area (Å²) >= 11 is 5.69. The summed E-state index contributed by atoms with van der Waals surface area (Å²) in [7, 11) is 3.78. The monoisotopic (exact) mass is 399 g/mol. The van der Waals surface area contributed by atoms with Crippen molar-refractivity contribution in [2.75, 3.05) is 32.5 Å². The van der Waals surface area contributed by atoms with E-state index in [1.807, 2.05) is 19.0 Å². The van der Waals surface area contributed by atoms with E-state index in [-0.39, 0.29) is 10.7 Å². The van der Waals surface area contributed by atoms with Gasteiger partial charge in [-0.25, -0.2) is 0 Å². The highest BCUT2D eigenvalue weighted by molar-refractivity contribution is 6.30. The fraction of sp³-hybridized carbons (Fsp3) is 0.316. The topological polar surface area (TPSA) is 44.4 Å². The molecule has 1 amide bonds. The molecule has 0 unspecified atom stereocenters. The van der Waals surface area contributed by atoms with Crippen LogP contribution in [0.5, 0.6) is 0 Å². The molecule has 0 spiro atoms. The fourth-order valence-corrected chi connectivity index (χ4v) is 2.68.